The monoisotopic (exact) mass is 514 g/mol. The van der Waals surface area contributed by atoms with Crippen molar-refractivity contribution in [3.8, 4) is 11.4 Å². The molecule has 0 bridgehead atoms. The summed E-state index contributed by atoms with van der Waals surface area (Å²) in [6.45, 7) is 1.03. The van der Waals surface area contributed by atoms with Gasteiger partial charge >= 0.3 is 11.9 Å². The lowest BCUT2D eigenvalue weighted by molar-refractivity contribution is -0.189. The number of hydrogen-bond acceptors (Lipinski definition) is 4. The summed E-state index contributed by atoms with van der Waals surface area (Å²) in [6.07, 6.45) is -8.28. The Morgan fingerprint density at radius 1 is 1.17 bits per heavy atom. The first-order chi connectivity index (χ1) is 17.0. The van der Waals surface area contributed by atoms with E-state index in [0.29, 0.717) is 42.9 Å². The molecule has 0 fully saturated rings. The molecule has 1 aromatic heterocycles. The van der Waals surface area contributed by atoms with Gasteiger partial charge in [-0.15, -0.1) is 5.10 Å². The second-order valence-electron chi connectivity index (χ2n) is 8.16. The van der Waals surface area contributed by atoms with Gasteiger partial charge in [-0.2, -0.15) is 17.9 Å². The lowest BCUT2D eigenvalue weighted by Crippen LogP contribution is -2.32. The standard InChI is InChI=1S/C23H20F6N4O3/c1-12(23(27,28)29)36-18-11-17(33-22(35)32-9-5-4-8-19(32)31-33)15(24)10-14(18)21(34)30-16-7-3-2-6-13(16)20(25)26/h2-3,6-7,10-12,20H,4-5,8-9H2,1H3,(H,30,34)/t12-/m0/s1. The van der Waals surface area contributed by atoms with Crippen LogP contribution in [-0.4, -0.2) is 32.5 Å². The van der Waals surface area contributed by atoms with E-state index >= 15 is 4.39 Å². The molecule has 0 saturated heterocycles. The Bertz CT molecular complexity index is 1350. The van der Waals surface area contributed by atoms with Crippen molar-refractivity contribution in [3.05, 3.63) is 69.7 Å². The molecule has 2 heterocycles. The molecule has 0 unspecified atom stereocenters. The normalized spacial score (nSPS) is 14.4. The van der Waals surface area contributed by atoms with Gasteiger partial charge in [-0.3, -0.25) is 9.36 Å². The van der Waals surface area contributed by atoms with Gasteiger partial charge in [0.1, 0.15) is 23.1 Å². The van der Waals surface area contributed by atoms with Gasteiger partial charge in [-0.05, 0) is 31.9 Å². The summed E-state index contributed by atoms with van der Waals surface area (Å²) in [5.74, 6) is -2.65. The van der Waals surface area contributed by atoms with Gasteiger partial charge in [0.05, 0.1) is 5.56 Å². The van der Waals surface area contributed by atoms with Crippen molar-refractivity contribution < 1.29 is 35.9 Å². The maximum absolute atomic E-state index is 15.2. The fourth-order valence-electron chi connectivity index (χ4n) is 3.78. The van der Waals surface area contributed by atoms with Crippen LogP contribution in [0.25, 0.3) is 5.69 Å². The molecule has 1 atom stereocenters. The Hall–Kier alpha value is -3.77. The quantitative estimate of drug-likeness (QED) is 0.469. The molecule has 1 aliphatic heterocycles. The van der Waals surface area contributed by atoms with Crippen LogP contribution in [0.4, 0.5) is 32.0 Å². The maximum Gasteiger partial charge on any atom is 0.425 e. The summed E-state index contributed by atoms with van der Waals surface area (Å²) in [5, 5.41) is 6.25. The second kappa shape index (κ2) is 9.70. The summed E-state index contributed by atoms with van der Waals surface area (Å²) in [4.78, 5) is 25.6. The van der Waals surface area contributed by atoms with Crippen molar-refractivity contribution in [1.82, 2.24) is 14.3 Å². The van der Waals surface area contributed by atoms with Crippen LogP contribution in [0.1, 0.15) is 47.9 Å². The molecule has 13 heteroatoms. The molecular weight excluding hydrogens is 494 g/mol. The zero-order valence-electron chi connectivity index (χ0n) is 18.8. The fourth-order valence-corrected chi connectivity index (χ4v) is 3.78. The third kappa shape index (κ3) is 4.95. The highest BCUT2D eigenvalue weighted by Gasteiger charge is 2.39. The van der Waals surface area contributed by atoms with E-state index in [-0.39, 0.29) is 5.69 Å². The molecule has 0 spiro atoms. The van der Waals surface area contributed by atoms with Crippen molar-refractivity contribution in [2.45, 2.75) is 51.4 Å². The number of anilines is 1. The van der Waals surface area contributed by atoms with Gasteiger partial charge in [-0.1, -0.05) is 18.2 Å². The lowest BCUT2D eigenvalue weighted by atomic mass is 10.1. The van der Waals surface area contributed by atoms with E-state index < -0.39 is 58.7 Å². The lowest BCUT2D eigenvalue weighted by Gasteiger charge is -2.20. The first-order valence-corrected chi connectivity index (χ1v) is 10.9. The van der Waals surface area contributed by atoms with E-state index in [1.54, 1.807) is 0 Å². The number of para-hydroxylation sites is 1. The maximum atomic E-state index is 15.2. The Morgan fingerprint density at radius 3 is 2.56 bits per heavy atom. The molecule has 1 N–H and O–H groups in total. The Kier molecular flexibility index (Phi) is 6.83. The van der Waals surface area contributed by atoms with Gasteiger partial charge in [0.25, 0.3) is 12.3 Å². The number of aromatic nitrogens is 3. The number of rotatable bonds is 6. The van der Waals surface area contributed by atoms with Crippen LogP contribution in [0.15, 0.2) is 41.2 Å². The van der Waals surface area contributed by atoms with Crippen molar-refractivity contribution in [1.29, 1.82) is 0 Å². The Balaban J connectivity index is 1.79. The average molecular weight is 514 g/mol. The summed E-state index contributed by atoms with van der Waals surface area (Å²) < 4.78 is 88.4. The number of benzene rings is 2. The predicted molar refractivity (Wildman–Crippen MR) is 116 cm³/mol. The molecular formula is C23H20F6N4O3. The van der Waals surface area contributed by atoms with E-state index in [4.69, 9.17) is 4.74 Å². The number of nitrogens with zero attached hydrogens (tertiary/aromatic N) is 3. The number of amides is 1. The van der Waals surface area contributed by atoms with Crippen molar-refractivity contribution in [2.24, 2.45) is 0 Å². The molecule has 1 aliphatic rings. The Labute approximate surface area is 200 Å². The minimum Gasteiger partial charge on any atom is -0.480 e. The number of alkyl halides is 5. The number of aryl methyl sites for hydroxylation is 1. The van der Waals surface area contributed by atoms with Crippen molar-refractivity contribution >= 4 is 11.6 Å². The largest absolute Gasteiger partial charge is 0.480 e. The van der Waals surface area contributed by atoms with E-state index in [0.717, 1.165) is 24.6 Å². The zero-order chi connectivity index (χ0) is 26.2. The Morgan fingerprint density at radius 2 is 1.89 bits per heavy atom. The van der Waals surface area contributed by atoms with Crippen molar-refractivity contribution in [2.75, 3.05) is 5.32 Å². The summed E-state index contributed by atoms with van der Waals surface area (Å²) in [5.41, 5.74) is -2.75. The van der Waals surface area contributed by atoms with Gasteiger partial charge in [0, 0.05) is 30.3 Å². The number of hydrogen-bond donors (Lipinski definition) is 1. The number of carbonyl (C=O) groups is 1. The number of halogens is 6. The minimum absolute atomic E-state index is 0.310. The molecule has 2 aromatic carbocycles. The summed E-state index contributed by atoms with van der Waals surface area (Å²) >= 11 is 0. The van der Waals surface area contributed by atoms with Gasteiger partial charge in [0.2, 0.25) is 0 Å². The molecule has 192 valence electrons. The van der Waals surface area contributed by atoms with Gasteiger partial charge in [-0.25, -0.2) is 18.0 Å². The van der Waals surface area contributed by atoms with E-state index in [9.17, 15) is 31.5 Å². The number of ether oxygens (including phenoxy) is 1. The van der Waals surface area contributed by atoms with Crippen LogP contribution in [-0.2, 0) is 13.0 Å². The first kappa shape index (κ1) is 25.3. The number of nitrogens with one attached hydrogen (secondary N) is 1. The van der Waals surface area contributed by atoms with E-state index in [1.807, 2.05) is 0 Å². The van der Waals surface area contributed by atoms with E-state index in [1.165, 1.54) is 16.7 Å². The number of carbonyl (C=O) groups excluding carboxylic acids is 1. The molecule has 0 aliphatic carbocycles. The highest BCUT2D eigenvalue weighted by Crippen LogP contribution is 2.32. The fraction of sp³-hybridized carbons (Fsp3) is 0.348. The van der Waals surface area contributed by atoms with Crippen LogP contribution in [0.5, 0.6) is 5.75 Å². The van der Waals surface area contributed by atoms with Gasteiger partial charge < -0.3 is 10.1 Å². The van der Waals surface area contributed by atoms with Crippen LogP contribution in [0.3, 0.4) is 0 Å². The smallest absolute Gasteiger partial charge is 0.425 e. The highest BCUT2D eigenvalue weighted by atomic mass is 19.4. The number of fused-ring (bicyclic) bond motifs is 1. The first-order valence-electron chi connectivity index (χ1n) is 10.9. The molecule has 0 saturated carbocycles. The van der Waals surface area contributed by atoms with Crippen LogP contribution >= 0.6 is 0 Å². The molecule has 0 radical (unpaired) electrons. The van der Waals surface area contributed by atoms with E-state index in [2.05, 4.69) is 10.4 Å². The SMILES string of the molecule is C[C@H](Oc1cc(-n2nc3n(c2=O)CCCC3)c(F)cc1C(=O)Nc1ccccc1C(F)F)C(F)(F)F. The van der Waals surface area contributed by atoms with Gasteiger partial charge in [0.15, 0.2) is 6.10 Å². The van der Waals surface area contributed by atoms with Crippen LogP contribution in [0.2, 0.25) is 0 Å². The second-order valence-corrected chi connectivity index (χ2v) is 8.16. The average Bonchev–Trinajstić information content (AvgIpc) is 3.15. The molecule has 1 amide bonds. The molecule has 7 nitrogen and oxygen atoms in total. The minimum atomic E-state index is -4.84. The van der Waals surface area contributed by atoms with Crippen LogP contribution < -0.4 is 15.7 Å². The summed E-state index contributed by atoms with van der Waals surface area (Å²) in [6, 6.07) is 6.25. The molecule has 36 heavy (non-hydrogen) atoms. The van der Waals surface area contributed by atoms with Crippen molar-refractivity contribution in [3.63, 3.8) is 0 Å². The molecule has 4 rings (SSSR count). The third-order valence-electron chi connectivity index (χ3n) is 5.70. The molecule has 3 aromatic rings. The summed E-state index contributed by atoms with van der Waals surface area (Å²) in [7, 11) is 0. The third-order valence-corrected chi connectivity index (χ3v) is 5.70. The highest BCUT2D eigenvalue weighted by molar-refractivity contribution is 6.06. The van der Waals surface area contributed by atoms with Crippen LogP contribution in [0, 0.1) is 5.82 Å². The topological polar surface area (TPSA) is 78.2 Å². The zero-order valence-corrected chi connectivity index (χ0v) is 18.8. The predicted octanol–water partition coefficient (Wildman–Crippen LogP) is 5.03.